The maximum absolute atomic E-state index is 15.8. The first-order valence-corrected chi connectivity index (χ1v) is 36.4. The van der Waals surface area contributed by atoms with Gasteiger partial charge in [-0.3, -0.25) is 4.79 Å². The first kappa shape index (κ1) is 81.4. The number of allylic oxidation sites excluding steroid dienone is 2. The third kappa shape index (κ3) is 13.7. The molecule has 35 heteroatoms. The lowest BCUT2D eigenvalue weighted by molar-refractivity contribution is -0.395. The fourth-order valence-electron chi connectivity index (χ4n) is 20.3. The molecule has 598 valence electrons. The van der Waals surface area contributed by atoms with E-state index in [9.17, 15) is 102 Å². The number of aliphatic hydroxyl groups is 20. The molecular formula is C69H112O35. The molecule has 7 saturated heterocycles. The van der Waals surface area contributed by atoms with Crippen LogP contribution in [0, 0.1) is 50.2 Å². The Morgan fingerprint density at radius 2 is 1.02 bits per heavy atom. The van der Waals surface area contributed by atoms with E-state index in [-0.39, 0.29) is 30.6 Å². The van der Waals surface area contributed by atoms with Crippen molar-refractivity contribution in [3.8, 4) is 0 Å². The third-order valence-electron chi connectivity index (χ3n) is 26.6. The molecule has 12 rings (SSSR count). The molecule has 11 fully saturated rings. The van der Waals surface area contributed by atoms with Crippen molar-refractivity contribution in [1.82, 2.24) is 0 Å². The lowest BCUT2D eigenvalue weighted by atomic mass is 9.33. The Balaban J connectivity index is 0.775. The number of carbonyl (C=O) groups excluding carboxylic acids is 1. The molecule has 5 aliphatic carbocycles. The third-order valence-corrected chi connectivity index (χ3v) is 26.6. The van der Waals surface area contributed by atoms with E-state index >= 15 is 4.79 Å². The van der Waals surface area contributed by atoms with Crippen LogP contribution < -0.4 is 0 Å². The molecule has 20 N–H and O–H groups in total. The van der Waals surface area contributed by atoms with E-state index in [1.807, 2.05) is 6.92 Å². The largest absolute Gasteiger partial charge is 0.432 e. The molecule has 0 spiro atoms. The van der Waals surface area contributed by atoms with Crippen molar-refractivity contribution >= 4 is 5.97 Å². The van der Waals surface area contributed by atoms with Gasteiger partial charge in [0, 0.05) is 11.3 Å². The smallest absolute Gasteiger partial charge is 0.315 e. The average Bonchev–Trinajstić information content (AvgIpc) is 0.685. The number of esters is 1. The van der Waals surface area contributed by atoms with Crippen LogP contribution in [-0.2, 0) is 71.1 Å². The zero-order chi connectivity index (χ0) is 75.9. The molecule has 12 aliphatic rings. The predicted octanol–water partition coefficient (Wildman–Crippen LogP) is -6.65. The highest BCUT2D eigenvalue weighted by Gasteiger charge is 2.74. The van der Waals surface area contributed by atoms with Crippen LogP contribution in [0.1, 0.15) is 114 Å². The summed E-state index contributed by atoms with van der Waals surface area (Å²) < 4.78 is 84.0. The van der Waals surface area contributed by atoms with Gasteiger partial charge in [-0.15, -0.1) is 0 Å². The van der Waals surface area contributed by atoms with Gasteiger partial charge in [0.05, 0.1) is 81.7 Å². The summed E-state index contributed by atoms with van der Waals surface area (Å²) in [4.78, 5) is 15.8. The second-order valence-electron chi connectivity index (χ2n) is 33.6. The Labute approximate surface area is 600 Å². The number of rotatable bonds is 17. The number of aliphatic hydroxyl groups excluding tert-OH is 19. The molecule has 0 radical (unpaired) electrons. The standard InChI is InChI=1S/C69H112O35/c1-25-36(77)39(80)42(83)56(94-25)99-48-33(76)21-91-55(45(48)86)98-47-27(3)96-59(46(87)50(47)101-57-43(84)40(81)37(78)26(2)95-57)102-51-38(79)32(75)20-92-60(51)104-62(89)68-14-12-63(4,5)16-29(68)28-10-11-35-64(6)17-31(74)54(65(7,22-71)52(64)30(73)18-67(35,9)66(28,8)13-15-68)103-58-44(85)41(82)49(34(19-70)97-58)100-61-53(88)69(90,23-72)24-93-61/h10,25-27,29-61,70-88,90H,11-24H2,1-9H3/t25-,26-,27-,29-,30+,31-,32-,33+,34+,35+,36-,37-,38-,39+,40+,41+,42+,43+,44+,45+,46+,47-,48-,49+,50-,51+,52+,53-,54-,55-,56-,57-,58-,59-,60-,61-,64+,65-,66+,67+,68-,69+/m0/s1. The zero-order valence-electron chi connectivity index (χ0n) is 59.8. The van der Waals surface area contributed by atoms with Crippen LogP contribution in [0.15, 0.2) is 11.6 Å². The molecule has 0 aromatic heterocycles. The Bertz CT molecular complexity index is 2990. The molecule has 7 aliphatic heterocycles. The van der Waals surface area contributed by atoms with Crippen LogP contribution in [0.4, 0.5) is 0 Å². The molecule has 0 bridgehead atoms. The van der Waals surface area contributed by atoms with E-state index in [1.165, 1.54) is 20.8 Å². The van der Waals surface area contributed by atoms with E-state index in [0.29, 0.717) is 32.1 Å². The van der Waals surface area contributed by atoms with Crippen LogP contribution in [0.5, 0.6) is 0 Å². The number of ether oxygens (including phenoxy) is 14. The van der Waals surface area contributed by atoms with Crippen LogP contribution in [-0.4, -0.2) is 356 Å². The fourth-order valence-corrected chi connectivity index (χ4v) is 20.3. The predicted molar refractivity (Wildman–Crippen MR) is 343 cm³/mol. The molecule has 4 saturated carbocycles. The normalized spacial score (nSPS) is 56.2. The summed E-state index contributed by atoms with van der Waals surface area (Å²) >= 11 is 0. The molecule has 42 atom stereocenters. The van der Waals surface area contributed by atoms with Crippen molar-refractivity contribution in [3.63, 3.8) is 0 Å². The van der Waals surface area contributed by atoms with E-state index < -0.39 is 293 Å². The van der Waals surface area contributed by atoms with Gasteiger partial charge in [0.2, 0.25) is 6.29 Å². The maximum atomic E-state index is 15.8. The average molecular weight is 1500 g/mol. The molecule has 7 heterocycles. The number of carbonyl (C=O) groups is 1. The molecule has 0 unspecified atom stereocenters. The van der Waals surface area contributed by atoms with E-state index in [2.05, 4.69) is 33.8 Å². The minimum atomic E-state index is -2.10. The maximum Gasteiger partial charge on any atom is 0.315 e. The highest BCUT2D eigenvalue weighted by Crippen LogP contribution is 2.76. The second kappa shape index (κ2) is 30.1. The van der Waals surface area contributed by atoms with Gasteiger partial charge in [0.15, 0.2) is 43.8 Å². The first-order valence-electron chi connectivity index (χ1n) is 36.4. The summed E-state index contributed by atoms with van der Waals surface area (Å²) in [7, 11) is 0. The van der Waals surface area contributed by atoms with Gasteiger partial charge < -0.3 is 168 Å². The summed E-state index contributed by atoms with van der Waals surface area (Å²) in [5, 5.41) is 224. The molecule has 35 nitrogen and oxygen atoms in total. The van der Waals surface area contributed by atoms with Crippen LogP contribution in [0.3, 0.4) is 0 Å². The Hall–Kier alpha value is -2.11. The van der Waals surface area contributed by atoms with Crippen LogP contribution in [0.2, 0.25) is 0 Å². The van der Waals surface area contributed by atoms with Crippen molar-refractivity contribution in [2.45, 2.75) is 322 Å². The van der Waals surface area contributed by atoms with Gasteiger partial charge in [-0.05, 0) is 106 Å². The van der Waals surface area contributed by atoms with Crippen molar-refractivity contribution in [2.24, 2.45) is 50.2 Å². The molecule has 0 aromatic carbocycles. The minimum absolute atomic E-state index is 0.0143. The van der Waals surface area contributed by atoms with E-state index in [0.717, 1.165) is 5.57 Å². The molecular weight excluding hydrogens is 1390 g/mol. The van der Waals surface area contributed by atoms with Crippen LogP contribution >= 0.6 is 0 Å². The van der Waals surface area contributed by atoms with Gasteiger partial charge in [-0.25, -0.2) is 0 Å². The number of hydrogen-bond acceptors (Lipinski definition) is 35. The molecule has 0 amide bonds. The molecule has 104 heavy (non-hydrogen) atoms. The lowest BCUT2D eigenvalue weighted by Crippen LogP contribution is -2.72. The number of fused-ring (bicyclic) bond motifs is 7. The van der Waals surface area contributed by atoms with Crippen molar-refractivity contribution in [2.75, 3.05) is 39.6 Å². The number of hydrogen-bond donors (Lipinski definition) is 20. The summed E-state index contributed by atoms with van der Waals surface area (Å²) in [6.07, 6.45) is -50.3. The quantitative estimate of drug-likeness (QED) is 0.0366. The lowest BCUT2D eigenvalue weighted by Gasteiger charge is -2.72. The summed E-state index contributed by atoms with van der Waals surface area (Å²) in [6.45, 7) is 12.3. The van der Waals surface area contributed by atoms with Crippen molar-refractivity contribution < 1.29 is 173 Å². The summed E-state index contributed by atoms with van der Waals surface area (Å²) in [5.41, 5.74) is -6.62. The van der Waals surface area contributed by atoms with Gasteiger partial charge in [-0.1, -0.05) is 53.2 Å². The molecule has 0 aromatic rings. The van der Waals surface area contributed by atoms with Gasteiger partial charge in [0.1, 0.15) is 122 Å². The highest BCUT2D eigenvalue weighted by atomic mass is 16.8. The fraction of sp³-hybridized carbons (Fsp3) is 0.957. The topological polar surface area (TPSA) is 551 Å². The Morgan fingerprint density at radius 1 is 0.481 bits per heavy atom. The van der Waals surface area contributed by atoms with Crippen LogP contribution in [0.25, 0.3) is 0 Å². The zero-order valence-corrected chi connectivity index (χ0v) is 59.8. The summed E-state index contributed by atoms with van der Waals surface area (Å²) in [5.74, 6) is -2.28. The van der Waals surface area contributed by atoms with Crippen molar-refractivity contribution in [1.29, 1.82) is 0 Å². The second-order valence-corrected chi connectivity index (χ2v) is 33.6. The van der Waals surface area contributed by atoms with Gasteiger partial charge >= 0.3 is 5.97 Å². The van der Waals surface area contributed by atoms with Crippen molar-refractivity contribution in [3.05, 3.63) is 11.6 Å². The SMILES string of the molecule is C[C@@H]1O[C@@H](O[C@@H]2[C@@H](O)[C@H](O[C@@H]3[C@@H](O[C@@H]4O[C@@H](C)[C@H](O)[C@@H](O)[C@H]4O)[C@@H](O)[C@H](O[C@H]4[C@H](OC(=O)[C@]56CCC(C)(C)C[C@H]5C5=CC[C@@H]7[C@@]8(C)C[C@H](O)[C@H](O[C@@H]9O[C@H](CO)[C@@H](O[C@@H]%10OC[C@](O)(CO)[C@H]%10O)[C@H](O)[C@H]9O)[C@@](C)(CO)[C@@H]8[C@H](O)C[C@@]7(C)[C@]5(C)CC6)OC[C@H](O)[C@@H]4O)O[C@H]3C)OC[C@H]2O)[C@H](O)[C@H](O)[C@H]1O. The van der Waals surface area contributed by atoms with Gasteiger partial charge in [0.25, 0.3) is 0 Å². The van der Waals surface area contributed by atoms with Gasteiger partial charge in [-0.2, -0.15) is 0 Å². The Morgan fingerprint density at radius 3 is 1.63 bits per heavy atom. The first-order chi connectivity index (χ1) is 48.7. The Kier molecular flexibility index (Phi) is 23.6. The highest BCUT2D eigenvalue weighted by molar-refractivity contribution is 5.79. The van der Waals surface area contributed by atoms with E-state index in [4.69, 9.17) is 66.3 Å². The van der Waals surface area contributed by atoms with E-state index in [1.54, 1.807) is 6.92 Å². The monoisotopic (exact) mass is 1500 g/mol. The summed E-state index contributed by atoms with van der Waals surface area (Å²) in [6, 6.07) is 0. The minimum Gasteiger partial charge on any atom is -0.432 e.